The molecule has 1 aliphatic carbocycles. The van der Waals surface area contributed by atoms with Crippen molar-refractivity contribution in [2.45, 2.75) is 6.42 Å². The third kappa shape index (κ3) is 2.45. The van der Waals surface area contributed by atoms with Crippen LogP contribution < -0.4 is 4.74 Å². The van der Waals surface area contributed by atoms with E-state index in [1.54, 1.807) is 30.3 Å². The molecule has 3 aromatic carbocycles. The van der Waals surface area contributed by atoms with Crippen LogP contribution in [0.3, 0.4) is 0 Å². The van der Waals surface area contributed by atoms with Crippen LogP contribution in [-0.2, 0) is 6.42 Å². The Morgan fingerprint density at radius 3 is 2.46 bits per heavy atom. The average molecular weight is 311 g/mol. The predicted octanol–water partition coefficient (Wildman–Crippen LogP) is 4.35. The van der Waals surface area contributed by atoms with E-state index in [-0.39, 0.29) is 0 Å². The summed E-state index contributed by atoms with van der Waals surface area (Å²) in [6.07, 6.45) is 0.837. The van der Waals surface area contributed by atoms with Crippen molar-refractivity contribution in [2.24, 2.45) is 0 Å². The Kier molecular flexibility index (Phi) is 3.36. The highest BCUT2D eigenvalue weighted by Gasteiger charge is 2.20. The lowest BCUT2D eigenvalue weighted by Gasteiger charge is -2.06. The average Bonchev–Trinajstić information content (AvgIpc) is 3.00. The first-order chi connectivity index (χ1) is 11.7. The lowest BCUT2D eigenvalue weighted by molar-refractivity contribution is 0.0734. The maximum Gasteiger partial charge on any atom is 0.343 e. The van der Waals surface area contributed by atoms with Gasteiger partial charge in [-0.05, 0) is 65.1 Å². The zero-order valence-electron chi connectivity index (χ0n) is 12.8. The molecule has 3 aromatic rings. The Hall–Kier alpha value is -3.38. The first-order valence-corrected chi connectivity index (χ1v) is 7.68. The zero-order chi connectivity index (χ0) is 16.5. The number of hydrogen-bond acceptors (Lipinski definition) is 3. The van der Waals surface area contributed by atoms with Crippen molar-refractivity contribution in [3.05, 3.63) is 89.0 Å². The summed E-state index contributed by atoms with van der Waals surface area (Å²) < 4.78 is 5.39. The first kappa shape index (κ1) is 14.2. The predicted molar refractivity (Wildman–Crippen MR) is 90.8 cm³/mol. The Morgan fingerprint density at radius 1 is 0.917 bits per heavy atom. The molecule has 114 valence electrons. The van der Waals surface area contributed by atoms with E-state index in [1.165, 1.54) is 16.7 Å². The van der Waals surface area contributed by atoms with Crippen molar-refractivity contribution >= 4 is 5.97 Å². The Balaban J connectivity index is 1.58. The number of esters is 1. The van der Waals surface area contributed by atoms with Gasteiger partial charge in [-0.15, -0.1) is 0 Å². The molecule has 0 saturated heterocycles. The molecule has 3 nitrogen and oxygen atoms in total. The fraction of sp³-hybridized carbons (Fsp3) is 0.0476. The van der Waals surface area contributed by atoms with E-state index < -0.39 is 5.97 Å². The highest BCUT2D eigenvalue weighted by Crippen LogP contribution is 2.36. The molecule has 24 heavy (non-hydrogen) atoms. The van der Waals surface area contributed by atoms with Gasteiger partial charge in [-0.25, -0.2) is 4.79 Å². The minimum Gasteiger partial charge on any atom is -0.423 e. The third-order valence-corrected chi connectivity index (χ3v) is 4.22. The van der Waals surface area contributed by atoms with Crippen molar-refractivity contribution in [1.82, 2.24) is 0 Å². The van der Waals surface area contributed by atoms with Gasteiger partial charge in [-0.1, -0.05) is 30.3 Å². The molecule has 0 N–H and O–H groups in total. The fourth-order valence-electron chi connectivity index (χ4n) is 3.04. The van der Waals surface area contributed by atoms with Gasteiger partial charge in [0.25, 0.3) is 0 Å². The number of benzene rings is 3. The topological polar surface area (TPSA) is 50.1 Å². The number of nitrogens with zero attached hydrogens (tertiary/aromatic N) is 1. The highest BCUT2D eigenvalue weighted by molar-refractivity contribution is 5.93. The van der Waals surface area contributed by atoms with Gasteiger partial charge in [0.1, 0.15) is 5.75 Å². The maximum absolute atomic E-state index is 12.4. The number of carbonyl (C=O) groups excluding carboxylic acids is 1. The van der Waals surface area contributed by atoms with Gasteiger partial charge >= 0.3 is 5.97 Å². The standard InChI is InChI=1S/C21H13NO2/c22-13-14-5-8-18(9-6-14)24-21(23)16-7-10-20-17(12-16)11-15-3-1-2-4-19(15)20/h1-10,12H,11H2. The van der Waals surface area contributed by atoms with E-state index in [0.29, 0.717) is 16.9 Å². The van der Waals surface area contributed by atoms with Crippen molar-refractivity contribution in [3.63, 3.8) is 0 Å². The summed E-state index contributed by atoms with van der Waals surface area (Å²) in [5.74, 6) is 0.0428. The lowest BCUT2D eigenvalue weighted by atomic mass is 10.0. The Morgan fingerprint density at radius 2 is 1.67 bits per heavy atom. The van der Waals surface area contributed by atoms with Crippen molar-refractivity contribution in [1.29, 1.82) is 5.26 Å². The molecular weight excluding hydrogens is 298 g/mol. The fourth-order valence-corrected chi connectivity index (χ4v) is 3.04. The summed E-state index contributed by atoms with van der Waals surface area (Å²) in [4.78, 5) is 12.4. The van der Waals surface area contributed by atoms with Crippen LogP contribution in [0.5, 0.6) is 5.75 Å². The van der Waals surface area contributed by atoms with E-state index in [9.17, 15) is 4.79 Å². The Labute approximate surface area is 139 Å². The van der Waals surface area contributed by atoms with E-state index in [1.807, 2.05) is 30.3 Å². The van der Waals surface area contributed by atoms with E-state index in [4.69, 9.17) is 10.00 Å². The normalized spacial score (nSPS) is 11.3. The second kappa shape index (κ2) is 5.68. The lowest BCUT2D eigenvalue weighted by Crippen LogP contribution is -2.08. The molecule has 0 fully saturated rings. The largest absolute Gasteiger partial charge is 0.423 e. The van der Waals surface area contributed by atoms with E-state index >= 15 is 0 Å². The zero-order valence-corrected chi connectivity index (χ0v) is 12.8. The third-order valence-electron chi connectivity index (χ3n) is 4.22. The van der Waals surface area contributed by atoms with Gasteiger partial charge in [-0.2, -0.15) is 5.26 Å². The van der Waals surface area contributed by atoms with Gasteiger partial charge in [0.15, 0.2) is 0 Å². The number of fused-ring (bicyclic) bond motifs is 3. The van der Waals surface area contributed by atoms with Crippen LogP contribution in [0.15, 0.2) is 66.7 Å². The molecular formula is C21H13NO2. The summed E-state index contributed by atoms with van der Waals surface area (Å²) in [6, 6.07) is 22.5. The second-order valence-corrected chi connectivity index (χ2v) is 5.73. The monoisotopic (exact) mass is 311 g/mol. The summed E-state index contributed by atoms with van der Waals surface area (Å²) in [5, 5.41) is 8.79. The first-order valence-electron chi connectivity index (χ1n) is 7.68. The molecule has 0 spiro atoms. The minimum atomic E-state index is -0.390. The Bertz CT molecular complexity index is 981. The number of ether oxygens (including phenoxy) is 1. The van der Waals surface area contributed by atoms with Crippen molar-refractivity contribution < 1.29 is 9.53 Å². The van der Waals surface area contributed by atoms with Gasteiger partial charge in [0.2, 0.25) is 0 Å². The van der Waals surface area contributed by atoms with Crippen LogP contribution >= 0.6 is 0 Å². The van der Waals surface area contributed by atoms with Crippen LogP contribution in [0.2, 0.25) is 0 Å². The summed E-state index contributed by atoms with van der Waals surface area (Å²) in [5.41, 5.74) is 5.91. The number of rotatable bonds is 2. The molecule has 0 unspecified atom stereocenters. The van der Waals surface area contributed by atoms with Gasteiger partial charge < -0.3 is 4.74 Å². The smallest absolute Gasteiger partial charge is 0.343 e. The van der Waals surface area contributed by atoms with Gasteiger partial charge in [0.05, 0.1) is 17.2 Å². The van der Waals surface area contributed by atoms with E-state index in [0.717, 1.165) is 12.0 Å². The van der Waals surface area contributed by atoms with E-state index in [2.05, 4.69) is 12.1 Å². The molecule has 0 heterocycles. The van der Waals surface area contributed by atoms with Crippen LogP contribution in [-0.4, -0.2) is 5.97 Å². The quantitative estimate of drug-likeness (QED) is 0.408. The molecule has 0 aromatic heterocycles. The van der Waals surface area contributed by atoms with Crippen LogP contribution in [0, 0.1) is 11.3 Å². The second-order valence-electron chi connectivity index (χ2n) is 5.73. The highest BCUT2D eigenvalue weighted by atomic mass is 16.5. The van der Waals surface area contributed by atoms with Crippen LogP contribution in [0.4, 0.5) is 0 Å². The maximum atomic E-state index is 12.4. The summed E-state index contributed by atoms with van der Waals surface area (Å²) in [7, 11) is 0. The summed E-state index contributed by atoms with van der Waals surface area (Å²) >= 11 is 0. The molecule has 0 atom stereocenters. The molecule has 0 amide bonds. The molecule has 3 heteroatoms. The minimum absolute atomic E-state index is 0.390. The molecule has 0 bridgehead atoms. The van der Waals surface area contributed by atoms with Crippen LogP contribution in [0.25, 0.3) is 11.1 Å². The molecule has 4 rings (SSSR count). The number of nitriles is 1. The SMILES string of the molecule is N#Cc1ccc(OC(=O)c2ccc3c(c2)Cc2ccccc2-3)cc1. The van der Waals surface area contributed by atoms with Gasteiger partial charge in [0, 0.05) is 0 Å². The molecule has 1 aliphatic rings. The van der Waals surface area contributed by atoms with Gasteiger partial charge in [-0.3, -0.25) is 0 Å². The van der Waals surface area contributed by atoms with Crippen molar-refractivity contribution in [2.75, 3.05) is 0 Å². The number of hydrogen-bond donors (Lipinski definition) is 0. The summed E-state index contributed by atoms with van der Waals surface area (Å²) in [6.45, 7) is 0. The number of carbonyl (C=O) groups is 1. The van der Waals surface area contributed by atoms with Crippen LogP contribution in [0.1, 0.15) is 27.0 Å². The molecule has 0 radical (unpaired) electrons. The molecule has 0 saturated carbocycles. The van der Waals surface area contributed by atoms with Crippen molar-refractivity contribution in [3.8, 4) is 22.9 Å². The molecule has 0 aliphatic heterocycles.